The summed E-state index contributed by atoms with van der Waals surface area (Å²) in [6.07, 6.45) is 2.95. The van der Waals surface area contributed by atoms with E-state index in [2.05, 4.69) is 19.9 Å². The number of methoxy groups -OCH3 is 2. The molecule has 158 valence electrons. The Balaban J connectivity index is 1.81. The van der Waals surface area contributed by atoms with Gasteiger partial charge >= 0.3 is 13.1 Å². The van der Waals surface area contributed by atoms with Crippen LogP contribution in [0.1, 0.15) is 31.4 Å². The fraction of sp³-hybridized carbons (Fsp3) is 0.375. The molecule has 0 saturated carbocycles. The van der Waals surface area contributed by atoms with Crippen molar-refractivity contribution in [3.8, 4) is 5.75 Å². The Morgan fingerprint density at radius 3 is 2.53 bits per heavy atom. The van der Waals surface area contributed by atoms with Gasteiger partial charge in [-0.05, 0) is 47.1 Å². The second-order valence-electron chi connectivity index (χ2n) is 8.24. The van der Waals surface area contributed by atoms with Crippen LogP contribution in [0, 0.1) is 5.41 Å². The molecule has 0 aliphatic carbocycles. The first kappa shape index (κ1) is 22.1. The molecule has 6 heteroatoms. The van der Waals surface area contributed by atoms with Crippen LogP contribution >= 0.6 is 0 Å². The van der Waals surface area contributed by atoms with Gasteiger partial charge in [-0.1, -0.05) is 50.2 Å². The summed E-state index contributed by atoms with van der Waals surface area (Å²) < 4.78 is 22.2. The zero-order chi connectivity index (χ0) is 21.6. The van der Waals surface area contributed by atoms with Crippen molar-refractivity contribution in [2.75, 3.05) is 27.4 Å². The molecule has 0 unspecified atom stereocenters. The normalized spacial score (nSPS) is 16.3. The van der Waals surface area contributed by atoms with Gasteiger partial charge in [0, 0.05) is 24.7 Å². The number of allylic oxidation sites excluding steroid dienone is 1. The molecule has 5 nitrogen and oxygen atoms in total. The van der Waals surface area contributed by atoms with Gasteiger partial charge in [-0.3, -0.25) is 0 Å². The van der Waals surface area contributed by atoms with Crippen LogP contribution in [0.5, 0.6) is 5.75 Å². The molecule has 1 heterocycles. The van der Waals surface area contributed by atoms with Crippen molar-refractivity contribution in [3.63, 3.8) is 0 Å². The first-order chi connectivity index (χ1) is 14.4. The molecule has 1 fully saturated rings. The van der Waals surface area contributed by atoms with Crippen molar-refractivity contribution in [1.82, 2.24) is 0 Å². The number of carbonyl (C=O) groups is 1. The molecule has 3 rings (SSSR count). The minimum absolute atomic E-state index is 0.0221. The summed E-state index contributed by atoms with van der Waals surface area (Å²) >= 11 is 0. The van der Waals surface area contributed by atoms with Gasteiger partial charge in [0.25, 0.3) is 0 Å². The molecule has 2 aromatic rings. The molecule has 0 N–H and O–H groups in total. The summed E-state index contributed by atoms with van der Waals surface area (Å²) in [6.45, 7) is 5.58. The average Bonchev–Trinajstić information content (AvgIpc) is 2.76. The van der Waals surface area contributed by atoms with Gasteiger partial charge < -0.3 is 18.8 Å². The van der Waals surface area contributed by atoms with Crippen LogP contribution < -0.4 is 10.2 Å². The quantitative estimate of drug-likeness (QED) is 0.398. The van der Waals surface area contributed by atoms with Crippen LogP contribution in [0.2, 0.25) is 0 Å². The number of benzene rings is 2. The smallest absolute Gasteiger partial charge is 0.494 e. The number of rotatable bonds is 7. The van der Waals surface area contributed by atoms with Crippen LogP contribution in [0.25, 0.3) is 5.57 Å². The molecule has 1 saturated heterocycles. The summed E-state index contributed by atoms with van der Waals surface area (Å²) in [7, 11) is 2.65. The molecule has 1 aliphatic rings. The molecule has 30 heavy (non-hydrogen) atoms. The predicted octanol–water partition coefficient (Wildman–Crippen LogP) is 3.65. The van der Waals surface area contributed by atoms with E-state index in [1.807, 2.05) is 42.5 Å². The van der Waals surface area contributed by atoms with E-state index in [1.54, 1.807) is 13.2 Å². The zero-order valence-corrected chi connectivity index (χ0v) is 18.1. The molecule has 0 amide bonds. The van der Waals surface area contributed by atoms with Crippen LogP contribution in [0.3, 0.4) is 0 Å². The average molecular weight is 408 g/mol. The number of hydrogen-bond donors (Lipinski definition) is 0. The maximum absolute atomic E-state index is 12.0. The van der Waals surface area contributed by atoms with Crippen molar-refractivity contribution in [2.24, 2.45) is 5.41 Å². The van der Waals surface area contributed by atoms with E-state index in [9.17, 15) is 4.79 Å². The largest absolute Gasteiger partial charge is 0.497 e. The van der Waals surface area contributed by atoms with E-state index < -0.39 is 0 Å². The molecule has 2 aromatic carbocycles. The lowest BCUT2D eigenvalue weighted by Crippen LogP contribution is -2.48. The van der Waals surface area contributed by atoms with Crippen molar-refractivity contribution in [1.29, 1.82) is 0 Å². The highest BCUT2D eigenvalue weighted by atomic mass is 16.6. The standard InChI is InChI=1S/C24H29BO5/c1-24(2)16-29-25(30-17-24)22-11-6-5-8-18(22)12-13-20(15-23(26)28-4)19-9-7-10-21(14-19)27-3/h5-11,14-15H,12-13,16-17H2,1-4H3/b20-15+. The second kappa shape index (κ2) is 9.96. The van der Waals surface area contributed by atoms with Crippen LogP contribution in [0.15, 0.2) is 54.6 Å². The molecule has 0 radical (unpaired) electrons. The number of hydrogen-bond acceptors (Lipinski definition) is 5. The first-order valence-electron chi connectivity index (χ1n) is 10.2. The van der Waals surface area contributed by atoms with Crippen molar-refractivity contribution < 1.29 is 23.6 Å². The van der Waals surface area contributed by atoms with E-state index >= 15 is 0 Å². The molecule has 0 spiro atoms. The third-order valence-electron chi connectivity index (χ3n) is 5.16. The van der Waals surface area contributed by atoms with Crippen molar-refractivity contribution in [3.05, 3.63) is 65.7 Å². The Labute approximate surface area is 179 Å². The van der Waals surface area contributed by atoms with Crippen LogP contribution in [-0.4, -0.2) is 40.5 Å². The summed E-state index contributed by atoms with van der Waals surface area (Å²) in [4.78, 5) is 12.0. The number of ether oxygens (including phenoxy) is 2. The molecule has 1 aliphatic heterocycles. The number of aryl methyl sites for hydroxylation is 1. The zero-order valence-electron chi connectivity index (χ0n) is 18.1. The monoisotopic (exact) mass is 408 g/mol. The Morgan fingerprint density at radius 2 is 1.83 bits per heavy atom. The SMILES string of the molecule is COC(=O)/C=C(\CCc1ccccc1B1OCC(C)(C)CO1)c1cccc(OC)c1. The third-order valence-corrected chi connectivity index (χ3v) is 5.16. The summed E-state index contributed by atoms with van der Waals surface area (Å²) in [6, 6.07) is 15.8. The van der Waals surface area contributed by atoms with Crippen molar-refractivity contribution in [2.45, 2.75) is 26.7 Å². The highest BCUT2D eigenvalue weighted by Crippen LogP contribution is 2.25. The first-order valence-corrected chi connectivity index (χ1v) is 10.2. The Hall–Kier alpha value is -2.57. The predicted molar refractivity (Wildman–Crippen MR) is 119 cm³/mol. The fourth-order valence-electron chi connectivity index (χ4n) is 3.46. The van der Waals surface area contributed by atoms with E-state index in [0.29, 0.717) is 19.6 Å². The Morgan fingerprint density at radius 1 is 1.10 bits per heavy atom. The van der Waals surface area contributed by atoms with Gasteiger partial charge in [-0.15, -0.1) is 0 Å². The molecular weight excluding hydrogens is 379 g/mol. The fourth-order valence-corrected chi connectivity index (χ4v) is 3.46. The van der Waals surface area contributed by atoms with E-state index in [4.69, 9.17) is 18.8 Å². The van der Waals surface area contributed by atoms with E-state index in [-0.39, 0.29) is 18.5 Å². The van der Waals surface area contributed by atoms with E-state index in [1.165, 1.54) is 7.11 Å². The number of esters is 1. The van der Waals surface area contributed by atoms with Gasteiger partial charge in [0.05, 0.1) is 14.2 Å². The third kappa shape index (κ3) is 5.74. The van der Waals surface area contributed by atoms with Crippen LogP contribution in [-0.2, 0) is 25.3 Å². The summed E-state index contributed by atoms with van der Waals surface area (Å²) in [5.41, 5.74) is 4.03. The number of carbonyl (C=O) groups excluding carboxylic acids is 1. The lowest BCUT2D eigenvalue weighted by atomic mass is 9.72. The molecular formula is C24H29BO5. The lowest BCUT2D eigenvalue weighted by Gasteiger charge is -2.33. The Bertz CT molecular complexity index is 896. The van der Waals surface area contributed by atoms with Gasteiger partial charge in [0.15, 0.2) is 0 Å². The summed E-state index contributed by atoms with van der Waals surface area (Å²) in [5.74, 6) is 0.373. The van der Waals surface area contributed by atoms with Gasteiger partial charge in [0.2, 0.25) is 0 Å². The highest BCUT2D eigenvalue weighted by Gasteiger charge is 2.34. The van der Waals surface area contributed by atoms with Gasteiger partial charge in [-0.25, -0.2) is 4.79 Å². The molecule has 0 bridgehead atoms. The van der Waals surface area contributed by atoms with Gasteiger partial charge in [0.1, 0.15) is 5.75 Å². The summed E-state index contributed by atoms with van der Waals surface area (Å²) in [5, 5.41) is 0. The molecule has 0 atom stereocenters. The van der Waals surface area contributed by atoms with Crippen molar-refractivity contribution >= 4 is 24.1 Å². The minimum atomic E-state index is -0.373. The maximum Gasteiger partial charge on any atom is 0.494 e. The highest BCUT2D eigenvalue weighted by molar-refractivity contribution is 6.62. The minimum Gasteiger partial charge on any atom is -0.497 e. The lowest BCUT2D eigenvalue weighted by molar-refractivity contribution is -0.134. The van der Waals surface area contributed by atoms with E-state index in [0.717, 1.165) is 34.3 Å². The van der Waals surface area contributed by atoms with Gasteiger partial charge in [-0.2, -0.15) is 0 Å². The Kier molecular flexibility index (Phi) is 7.35. The maximum atomic E-state index is 12.0. The topological polar surface area (TPSA) is 54.0 Å². The second-order valence-corrected chi connectivity index (χ2v) is 8.24. The van der Waals surface area contributed by atoms with Crippen LogP contribution in [0.4, 0.5) is 0 Å². The molecule has 0 aromatic heterocycles.